The van der Waals surface area contributed by atoms with Gasteiger partial charge in [-0.3, -0.25) is 9.59 Å². The van der Waals surface area contributed by atoms with E-state index in [2.05, 4.69) is 5.32 Å². The van der Waals surface area contributed by atoms with Gasteiger partial charge in [-0.25, -0.2) is 0 Å². The minimum absolute atomic E-state index is 0.186. The molecule has 1 heterocycles. The van der Waals surface area contributed by atoms with Crippen molar-refractivity contribution in [2.45, 2.75) is 31.8 Å². The summed E-state index contributed by atoms with van der Waals surface area (Å²) in [7, 11) is 1.60. The molecule has 1 aliphatic heterocycles. The number of amides is 2. The zero-order valence-electron chi connectivity index (χ0n) is 14.5. The molecule has 0 spiro atoms. The Labute approximate surface area is 146 Å². The average molecular weight is 341 g/mol. The maximum Gasteiger partial charge on any atom is 0.247 e. The Morgan fingerprint density at radius 1 is 1.32 bits per heavy atom. The molecule has 132 valence electrons. The lowest BCUT2D eigenvalue weighted by molar-refractivity contribution is -0.137. The van der Waals surface area contributed by atoms with Crippen LogP contribution in [0, 0.1) is 0 Å². The van der Waals surface area contributed by atoms with Crippen molar-refractivity contribution in [1.82, 2.24) is 4.90 Å². The lowest BCUT2D eigenvalue weighted by Crippen LogP contribution is -2.48. The van der Waals surface area contributed by atoms with Gasteiger partial charge < -0.3 is 20.7 Å². The van der Waals surface area contributed by atoms with Gasteiger partial charge in [-0.2, -0.15) is 0 Å². The fraction of sp³-hybridized carbons (Fsp3) is 0.368. The molecule has 2 atom stereocenters. The Morgan fingerprint density at radius 3 is 2.80 bits per heavy atom. The largest absolute Gasteiger partial charge is 0.496 e. The molecule has 1 aliphatic rings. The molecule has 3 N–H and O–H groups in total. The summed E-state index contributed by atoms with van der Waals surface area (Å²) in [5.74, 6) is 0.320. The highest BCUT2D eigenvalue weighted by molar-refractivity contribution is 6.01. The number of nitrogens with zero attached hydrogens (tertiary/aromatic N) is 1. The number of nitrogens with one attached hydrogen (secondary N) is 1. The van der Waals surface area contributed by atoms with Crippen LogP contribution in [0.1, 0.15) is 19.8 Å². The molecule has 2 aromatic carbocycles. The number of fused-ring (bicyclic) bond motifs is 1. The summed E-state index contributed by atoms with van der Waals surface area (Å²) in [6.45, 7) is 2.21. The number of anilines is 1. The lowest BCUT2D eigenvalue weighted by Gasteiger charge is -2.25. The second-order valence-corrected chi connectivity index (χ2v) is 6.37. The number of ether oxygens (including phenoxy) is 1. The molecule has 1 fully saturated rings. The third-order valence-electron chi connectivity index (χ3n) is 4.54. The van der Waals surface area contributed by atoms with Crippen molar-refractivity contribution >= 4 is 28.3 Å². The number of carbonyl (C=O) groups excluding carboxylic acids is 2. The van der Waals surface area contributed by atoms with E-state index in [1.54, 1.807) is 25.0 Å². The monoisotopic (exact) mass is 341 g/mol. The summed E-state index contributed by atoms with van der Waals surface area (Å²) in [5.41, 5.74) is 6.34. The Bertz CT molecular complexity index is 804. The standard InChI is InChI=1S/C19H23N3O3/c1-12(20)19(24)22-9-5-8-16(22)18(23)21-14-10-13-6-3-4-7-15(13)17(11-14)25-2/h3-4,6-7,10-12,16H,5,8-9,20H2,1-2H3,(H,21,23)/t12-,16+/m0/s1. The van der Waals surface area contributed by atoms with Gasteiger partial charge >= 0.3 is 0 Å². The maximum absolute atomic E-state index is 12.7. The van der Waals surface area contributed by atoms with Crippen LogP contribution >= 0.6 is 0 Å². The molecule has 6 heteroatoms. The molecular formula is C19H23N3O3. The minimum atomic E-state index is -0.603. The van der Waals surface area contributed by atoms with E-state index < -0.39 is 12.1 Å². The first-order valence-electron chi connectivity index (χ1n) is 8.45. The number of likely N-dealkylation sites (tertiary alicyclic amines) is 1. The van der Waals surface area contributed by atoms with E-state index in [0.717, 1.165) is 17.2 Å². The van der Waals surface area contributed by atoms with Crippen LogP contribution < -0.4 is 15.8 Å². The molecule has 0 bridgehead atoms. The summed E-state index contributed by atoms with van der Waals surface area (Å²) in [6.07, 6.45) is 1.45. The van der Waals surface area contributed by atoms with Gasteiger partial charge in [0.05, 0.1) is 13.2 Å². The highest BCUT2D eigenvalue weighted by Crippen LogP contribution is 2.30. The number of carbonyl (C=O) groups is 2. The van der Waals surface area contributed by atoms with Gasteiger partial charge in [0.1, 0.15) is 11.8 Å². The van der Waals surface area contributed by atoms with E-state index in [1.807, 2.05) is 30.3 Å². The molecule has 6 nitrogen and oxygen atoms in total. The predicted molar refractivity (Wildman–Crippen MR) is 97.5 cm³/mol. The maximum atomic E-state index is 12.7. The molecular weight excluding hydrogens is 318 g/mol. The minimum Gasteiger partial charge on any atom is -0.496 e. The normalized spacial score (nSPS) is 18.2. The van der Waals surface area contributed by atoms with Crippen LogP contribution in [0.3, 0.4) is 0 Å². The fourth-order valence-electron chi connectivity index (χ4n) is 3.31. The average Bonchev–Trinajstić information content (AvgIpc) is 3.09. The number of methoxy groups -OCH3 is 1. The number of rotatable bonds is 4. The Kier molecular flexibility index (Phi) is 4.90. The summed E-state index contributed by atoms with van der Waals surface area (Å²) < 4.78 is 5.43. The SMILES string of the molecule is COc1cc(NC(=O)[C@H]2CCCN2C(=O)[C@H](C)N)cc2ccccc12. The molecule has 0 unspecified atom stereocenters. The summed E-state index contributed by atoms with van der Waals surface area (Å²) in [6, 6.07) is 10.4. The van der Waals surface area contributed by atoms with Crippen LogP contribution in [0.15, 0.2) is 36.4 Å². The van der Waals surface area contributed by atoms with Crippen molar-refractivity contribution in [2.24, 2.45) is 5.73 Å². The van der Waals surface area contributed by atoms with Gasteiger partial charge in [0.15, 0.2) is 0 Å². The van der Waals surface area contributed by atoms with Crippen molar-refractivity contribution in [2.75, 3.05) is 19.0 Å². The Morgan fingerprint density at radius 2 is 2.08 bits per heavy atom. The number of hydrogen-bond donors (Lipinski definition) is 2. The highest BCUT2D eigenvalue weighted by atomic mass is 16.5. The van der Waals surface area contributed by atoms with Crippen LogP contribution in [0.5, 0.6) is 5.75 Å². The summed E-state index contributed by atoms with van der Waals surface area (Å²) in [5, 5.41) is 4.88. The van der Waals surface area contributed by atoms with Crippen molar-refractivity contribution in [3.05, 3.63) is 36.4 Å². The molecule has 0 saturated carbocycles. The molecule has 2 aromatic rings. The van der Waals surface area contributed by atoms with Crippen LogP contribution in [0.25, 0.3) is 10.8 Å². The van der Waals surface area contributed by atoms with Gasteiger partial charge in [0.25, 0.3) is 0 Å². The summed E-state index contributed by atoms with van der Waals surface area (Å²) in [4.78, 5) is 26.5. The predicted octanol–water partition coefficient (Wildman–Crippen LogP) is 2.13. The topological polar surface area (TPSA) is 84.7 Å². The zero-order valence-corrected chi connectivity index (χ0v) is 14.5. The van der Waals surface area contributed by atoms with Gasteiger partial charge in [-0.05, 0) is 31.2 Å². The van der Waals surface area contributed by atoms with E-state index in [9.17, 15) is 9.59 Å². The van der Waals surface area contributed by atoms with Gasteiger partial charge in [0.2, 0.25) is 11.8 Å². The van der Waals surface area contributed by atoms with Crippen molar-refractivity contribution in [3.8, 4) is 5.75 Å². The first-order chi connectivity index (χ1) is 12.0. The van der Waals surface area contributed by atoms with Gasteiger partial charge in [0, 0.05) is 23.7 Å². The van der Waals surface area contributed by atoms with Crippen molar-refractivity contribution in [1.29, 1.82) is 0 Å². The Hall–Kier alpha value is -2.60. The molecule has 0 radical (unpaired) electrons. The quantitative estimate of drug-likeness (QED) is 0.892. The van der Waals surface area contributed by atoms with Crippen molar-refractivity contribution < 1.29 is 14.3 Å². The van der Waals surface area contributed by atoms with Crippen LogP contribution in [-0.2, 0) is 9.59 Å². The van der Waals surface area contributed by atoms with E-state index in [0.29, 0.717) is 24.4 Å². The van der Waals surface area contributed by atoms with Crippen LogP contribution in [-0.4, -0.2) is 42.5 Å². The molecule has 2 amide bonds. The first-order valence-corrected chi connectivity index (χ1v) is 8.45. The van der Waals surface area contributed by atoms with E-state index >= 15 is 0 Å². The number of nitrogens with two attached hydrogens (primary N) is 1. The zero-order chi connectivity index (χ0) is 18.0. The summed E-state index contributed by atoms with van der Waals surface area (Å²) >= 11 is 0. The van der Waals surface area contributed by atoms with E-state index in [1.165, 1.54) is 0 Å². The van der Waals surface area contributed by atoms with Gasteiger partial charge in [-0.15, -0.1) is 0 Å². The highest BCUT2D eigenvalue weighted by Gasteiger charge is 2.35. The molecule has 0 aliphatic carbocycles. The van der Waals surface area contributed by atoms with Gasteiger partial charge in [-0.1, -0.05) is 24.3 Å². The fourth-order valence-corrected chi connectivity index (χ4v) is 3.31. The molecule has 25 heavy (non-hydrogen) atoms. The number of hydrogen-bond acceptors (Lipinski definition) is 4. The third-order valence-corrected chi connectivity index (χ3v) is 4.54. The molecule has 3 rings (SSSR count). The van der Waals surface area contributed by atoms with Crippen molar-refractivity contribution in [3.63, 3.8) is 0 Å². The van der Waals surface area contributed by atoms with E-state index in [-0.39, 0.29) is 11.8 Å². The third kappa shape index (κ3) is 3.44. The second kappa shape index (κ2) is 7.11. The molecule has 0 aromatic heterocycles. The number of benzene rings is 2. The van der Waals surface area contributed by atoms with E-state index in [4.69, 9.17) is 10.5 Å². The van der Waals surface area contributed by atoms with Crippen LogP contribution in [0.2, 0.25) is 0 Å². The van der Waals surface area contributed by atoms with Crippen LogP contribution in [0.4, 0.5) is 5.69 Å². The first kappa shape index (κ1) is 17.2. The Balaban J connectivity index is 1.83. The lowest BCUT2D eigenvalue weighted by atomic mass is 10.1. The second-order valence-electron chi connectivity index (χ2n) is 6.37. The molecule has 1 saturated heterocycles. The smallest absolute Gasteiger partial charge is 0.247 e.